The van der Waals surface area contributed by atoms with Crippen LogP contribution in [-0.4, -0.2) is 35.6 Å². The van der Waals surface area contributed by atoms with Gasteiger partial charge in [0.15, 0.2) is 5.84 Å². The Morgan fingerprint density at radius 3 is 2.07 bits per heavy atom. The maximum Gasteiger partial charge on any atom is 0.153 e. The van der Waals surface area contributed by atoms with Crippen molar-refractivity contribution in [3.8, 4) is 0 Å². The Bertz CT molecular complexity index is 151. The van der Waals surface area contributed by atoms with Crippen molar-refractivity contribution >= 4 is 5.84 Å². The van der Waals surface area contributed by atoms with Crippen LogP contribution in [0.5, 0.6) is 0 Å². The van der Waals surface area contributed by atoms with E-state index in [0.717, 1.165) is 13.1 Å². The maximum atomic E-state index is 8.47. The second-order valence-electron chi connectivity index (χ2n) is 3.57. The first kappa shape index (κ1) is 13.2. The molecule has 0 saturated carbocycles. The van der Waals surface area contributed by atoms with Gasteiger partial charge in [-0.2, -0.15) is 0 Å². The first-order chi connectivity index (χ1) is 6.74. The van der Waals surface area contributed by atoms with Crippen LogP contribution in [-0.2, 0) is 0 Å². The topological polar surface area (TPSA) is 61.8 Å². The Morgan fingerprint density at radius 1 is 1.21 bits per heavy atom. The van der Waals surface area contributed by atoms with Gasteiger partial charge in [-0.3, -0.25) is 4.90 Å². The van der Waals surface area contributed by atoms with E-state index in [1.807, 2.05) is 0 Å². The SMILES string of the molecule is CCCCN(CCCC)CC(N)=NO. The molecule has 0 unspecified atom stereocenters. The molecule has 14 heavy (non-hydrogen) atoms. The molecule has 0 aliphatic heterocycles. The fourth-order valence-corrected chi connectivity index (χ4v) is 1.29. The van der Waals surface area contributed by atoms with Gasteiger partial charge in [0, 0.05) is 0 Å². The molecule has 0 atom stereocenters. The fraction of sp³-hybridized carbons (Fsp3) is 0.900. The molecule has 0 aromatic carbocycles. The largest absolute Gasteiger partial charge is 0.409 e. The lowest BCUT2D eigenvalue weighted by atomic mass is 10.2. The van der Waals surface area contributed by atoms with Crippen LogP contribution in [0.4, 0.5) is 0 Å². The number of hydrogen-bond donors (Lipinski definition) is 2. The van der Waals surface area contributed by atoms with Crippen LogP contribution in [0.3, 0.4) is 0 Å². The molecule has 0 saturated heterocycles. The Labute approximate surface area is 86.8 Å². The van der Waals surface area contributed by atoms with Gasteiger partial charge in [0.2, 0.25) is 0 Å². The summed E-state index contributed by atoms with van der Waals surface area (Å²) in [4.78, 5) is 2.24. The lowest BCUT2D eigenvalue weighted by molar-refractivity contribution is 0.284. The molecule has 0 bridgehead atoms. The summed E-state index contributed by atoms with van der Waals surface area (Å²) in [5.41, 5.74) is 5.48. The van der Waals surface area contributed by atoms with E-state index in [2.05, 4.69) is 23.9 Å². The zero-order valence-electron chi connectivity index (χ0n) is 9.37. The smallest absolute Gasteiger partial charge is 0.153 e. The molecule has 0 aliphatic rings. The second kappa shape index (κ2) is 8.81. The van der Waals surface area contributed by atoms with Crippen molar-refractivity contribution in [2.45, 2.75) is 39.5 Å². The highest BCUT2D eigenvalue weighted by molar-refractivity contribution is 5.81. The molecule has 0 rings (SSSR count). The number of amidine groups is 1. The van der Waals surface area contributed by atoms with E-state index in [4.69, 9.17) is 10.9 Å². The molecule has 0 heterocycles. The highest BCUT2D eigenvalue weighted by Gasteiger charge is 2.05. The predicted molar refractivity (Wildman–Crippen MR) is 59.7 cm³/mol. The standard InChI is InChI=1S/C10H23N3O/c1-3-5-7-13(8-6-4-2)9-10(11)12-14/h14H,3-9H2,1-2H3,(H2,11,12). The summed E-state index contributed by atoms with van der Waals surface area (Å²) >= 11 is 0. The first-order valence-electron chi connectivity index (χ1n) is 5.43. The van der Waals surface area contributed by atoms with Gasteiger partial charge in [0.25, 0.3) is 0 Å². The molecule has 84 valence electrons. The lowest BCUT2D eigenvalue weighted by Crippen LogP contribution is -2.35. The van der Waals surface area contributed by atoms with Crippen LogP contribution in [0.2, 0.25) is 0 Å². The predicted octanol–water partition coefficient (Wildman–Crippen LogP) is 1.63. The average Bonchev–Trinajstić information content (AvgIpc) is 2.21. The van der Waals surface area contributed by atoms with E-state index >= 15 is 0 Å². The van der Waals surface area contributed by atoms with Crippen molar-refractivity contribution in [2.75, 3.05) is 19.6 Å². The van der Waals surface area contributed by atoms with Crippen molar-refractivity contribution < 1.29 is 5.21 Å². The minimum atomic E-state index is 0.303. The molecule has 0 amide bonds. The van der Waals surface area contributed by atoms with E-state index < -0.39 is 0 Å². The van der Waals surface area contributed by atoms with E-state index in [0.29, 0.717) is 12.4 Å². The normalized spacial score (nSPS) is 12.4. The number of hydrogen-bond acceptors (Lipinski definition) is 3. The number of oxime groups is 1. The molecule has 0 aromatic rings. The summed E-state index contributed by atoms with van der Waals surface area (Å²) in [7, 11) is 0. The minimum Gasteiger partial charge on any atom is -0.409 e. The monoisotopic (exact) mass is 201 g/mol. The molecule has 0 aliphatic carbocycles. The van der Waals surface area contributed by atoms with Crippen LogP contribution in [0.25, 0.3) is 0 Å². The summed E-state index contributed by atoms with van der Waals surface area (Å²) in [5.74, 6) is 0.303. The summed E-state index contributed by atoms with van der Waals surface area (Å²) in [6, 6.07) is 0. The summed E-state index contributed by atoms with van der Waals surface area (Å²) in [5, 5.41) is 11.5. The van der Waals surface area contributed by atoms with Gasteiger partial charge >= 0.3 is 0 Å². The molecule has 0 spiro atoms. The van der Waals surface area contributed by atoms with Gasteiger partial charge in [0.1, 0.15) is 0 Å². The summed E-state index contributed by atoms with van der Waals surface area (Å²) < 4.78 is 0. The molecular formula is C10H23N3O. The van der Waals surface area contributed by atoms with Crippen molar-refractivity contribution in [1.82, 2.24) is 4.90 Å². The average molecular weight is 201 g/mol. The number of unbranched alkanes of at least 4 members (excludes halogenated alkanes) is 2. The van der Waals surface area contributed by atoms with Crippen molar-refractivity contribution in [2.24, 2.45) is 10.9 Å². The molecule has 0 aromatic heterocycles. The van der Waals surface area contributed by atoms with Crippen molar-refractivity contribution in [3.05, 3.63) is 0 Å². The van der Waals surface area contributed by atoms with Crippen LogP contribution >= 0.6 is 0 Å². The Balaban J connectivity index is 3.83. The van der Waals surface area contributed by atoms with Gasteiger partial charge in [-0.05, 0) is 25.9 Å². The number of rotatable bonds is 8. The van der Waals surface area contributed by atoms with Crippen LogP contribution in [0.1, 0.15) is 39.5 Å². The highest BCUT2D eigenvalue weighted by Crippen LogP contribution is 1.98. The third kappa shape index (κ3) is 6.71. The third-order valence-electron chi connectivity index (χ3n) is 2.17. The number of nitrogens with zero attached hydrogens (tertiary/aromatic N) is 2. The van der Waals surface area contributed by atoms with Gasteiger partial charge in [-0.15, -0.1) is 0 Å². The Morgan fingerprint density at radius 2 is 1.71 bits per heavy atom. The van der Waals surface area contributed by atoms with E-state index in [9.17, 15) is 0 Å². The van der Waals surface area contributed by atoms with Gasteiger partial charge in [-0.25, -0.2) is 0 Å². The molecule has 0 radical (unpaired) electrons. The van der Waals surface area contributed by atoms with Crippen LogP contribution in [0.15, 0.2) is 5.16 Å². The lowest BCUT2D eigenvalue weighted by Gasteiger charge is -2.20. The third-order valence-corrected chi connectivity index (χ3v) is 2.17. The van der Waals surface area contributed by atoms with E-state index in [1.54, 1.807) is 0 Å². The zero-order chi connectivity index (χ0) is 10.8. The van der Waals surface area contributed by atoms with Crippen LogP contribution < -0.4 is 5.73 Å². The molecule has 3 N–H and O–H groups in total. The highest BCUT2D eigenvalue weighted by atomic mass is 16.4. The molecule has 0 fully saturated rings. The fourth-order valence-electron chi connectivity index (χ4n) is 1.29. The van der Waals surface area contributed by atoms with E-state index in [1.165, 1.54) is 25.7 Å². The first-order valence-corrected chi connectivity index (χ1v) is 5.43. The van der Waals surface area contributed by atoms with Gasteiger partial charge < -0.3 is 10.9 Å². The Hall–Kier alpha value is -0.770. The summed E-state index contributed by atoms with van der Waals surface area (Å²) in [6.07, 6.45) is 4.70. The van der Waals surface area contributed by atoms with Crippen LogP contribution in [0, 0.1) is 0 Å². The zero-order valence-corrected chi connectivity index (χ0v) is 9.37. The quantitative estimate of drug-likeness (QED) is 0.271. The number of nitrogens with two attached hydrogens (primary N) is 1. The minimum absolute atomic E-state index is 0.303. The molecule has 4 heteroatoms. The van der Waals surface area contributed by atoms with E-state index in [-0.39, 0.29) is 0 Å². The summed E-state index contributed by atoms with van der Waals surface area (Å²) in [6.45, 7) is 6.99. The Kier molecular flexibility index (Phi) is 8.33. The van der Waals surface area contributed by atoms with Crippen molar-refractivity contribution in [1.29, 1.82) is 0 Å². The molecular weight excluding hydrogens is 178 g/mol. The van der Waals surface area contributed by atoms with Gasteiger partial charge in [0.05, 0.1) is 6.54 Å². The molecule has 4 nitrogen and oxygen atoms in total. The maximum absolute atomic E-state index is 8.47. The second-order valence-corrected chi connectivity index (χ2v) is 3.57. The van der Waals surface area contributed by atoms with Gasteiger partial charge in [-0.1, -0.05) is 31.8 Å². The van der Waals surface area contributed by atoms with Crippen molar-refractivity contribution in [3.63, 3.8) is 0 Å².